The highest BCUT2D eigenvalue weighted by atomic mass is 16.2. The summed E-state index contributed by atoms with van der Waals surface area (Å²) in [4.78, 5) is 43.1. The highest BCUT2D eigenvalue weighted by Gasteiger charge is 2.37. The molecule has 8 nitrogen and oxygen atoms in total. The Balaban J connectivity index is 1.54. The molecule has 0 fully saturated rings. The highest BCUT2D eigenvalue weighted by Crippen LogP contribution is 2.29. The van der Waals surface area contributed by atoms with Gasteiger partial charge >= 0.3 is 0 Å². The fraction of sp³-hybridized carbons (Fsp3) is 0.227. The number of nitrogens with zero attached hydrogens (tertiary/aromatic N) is 4. The molecular formula is C22H21N5O3. The topological polar surface area (TPSA) is 97.2 Å². The minimum Gasteiger partial charge on any atom is -0.352 e. The van der Waals surface area contributed by atoms with Crippen molar-refractivity contribution in [3.05, 3.63) is 77.4 Å². The zero-order chi connectivity index (χ0) is 21.3. The van der Waals surface area contributed by atoms with E-state index in [-0.39, 0.29) is 11.5 Å². The average molecular weight is 403 g/mol. The van der Waals surface area contributed by atoms with Crippen molar-refractivity contribution < 1.29 is 14.4 Å². The fourth-order valence-corrected chi connectivity index (χ4v) is 3.27. The Labute approximate surface area is 173 Å². The number of hydrogen-bond donors (Lipinski definition) is 1. The number of imide groups is 1. The van der Waals surface area contributed by atoms with E-state index in [1.807, 2.05) is 26.0 Å². The van der Waals surface area contributed by atoms with Gasteiger partial charge in [-0.1, -0.05) is 26.0 Å². The normalized spacial score (nSPS) is 13.1. The van der Waals surface area contributed by atoms with Gasteiger partial charge in [0, 0.05) is 12.1 Å². The van der Waals surface area contributed by atoms with E-state index in [1.165, 1.54) is 12.4 Å². The minimum atomic E-state index is -0.433. The van der Waals surface area contributed by atoms with Crippen LogP contribution in [0, 0.1) is 5.92 Å². The van der Waals surface area contributed by atoms with Gasteiger partial charge in [-0.2, -0.15) is 5.10 Å². The summed E-state index contributed by atoms with van der Waals surface area (Å²) in [5, 5.41) is 6.88. The lowest BCUT2D eigenvalue weighted by Gasteiger charge is -2.14. The van der Waals surface area contributed by atoms with Gasteiger partial charge in [-0.3, -0.25) is 14.4 Å². The summed E-state index contributed by atoms with van der Waals surface area (Å²) in [6, 6.07) is 11.7. The molecule has 0 aliphatic carbocycles. The number of nitrogens with one attached hydrogen (secondary N) is 1. The predicted molar refractivity (Wildman–Crippen MR) is 110 cm³/mol. The Morgan fingerprint density at radius 2 is 1.77 bits per heavy atom. The number of benzene rings is 2. The van der Waals surface area contributed by atoms with Crippen molar-refractivity contribution in [2.24, 2.45) is 5.92 Å². The predicted octanol–water partition coefficient (Wildman–Crippen LogP) is 2.51. The first-order valence-corrected chi connectivity index (χ1v) is 9.66. The molecule has 0 bridgehead atoms. The third-order valence-corrected chi connectivity index (χ3v) is 4.83. The van der Waals surface area contributed by atoms with Crippen LogP contribution in [0.1, 0.15) is 50.5 Å². The van der Waals surface area contributed by atoms with Crippen molar-refractivity contribution >= 4 is 23.4 Å². The summed E-state index contributed by atoms with van der Waals surface area (Å²) < 4.78 is 1.68. The molecule has 8 heteroatoms. The van der Waals surface area contributed by atoms with Crippen LogP contribution in [0.3, 0.4) is 0 Å². The molecule has 0 saturated carbocycles. The SMILES string of the molecule is CC(C)CNC(=O)c1ccc2c(c1)C(=O)N(c1ccc(Cn3cncn3)cc1)C2=O. The lowest BCUT2D eigenvalue weighted by Crippen LogP contribution is -2.29. The van der Waals surface area contributed by atoms with Gasteiger partial charge in [0.2, 0.25) is 0 Å². The average Bonchev–Trinajstić information content (AvgIpc) is 3.33. The molecule has 152 valence electrons. The van der Waals surface area contributed by atoms with Crippen molar-refractivity contribution in [1.82, 2.24) is 20.1 Å². The Hall–Kier alpha value is -3.81. The molecule has 0 radical (unpaired) electrons. The molecule has 0 unspecified atom stereocenters. The highest BCUT2D eigenvalue weighted by molar-refractivity contribution is 6.34. The zero-order valence-corrected chi connectivity index (χ0v) is 16.7. The second-order valence-corrected chi connectivity index (χ2v) is 7.57. The number of carbonyl (C=O) groups is 3. The van der Waals surface area contributed by atoms with Crippen molar-refractivity contribution in [3.8, 4) is 0 Å². The van der Waals surface area contributed by atoms with E-state index in [0.717, 1.165) is 10.5 Å². The summed E-state index contributed by atoms with van der Waals surface area (Å²) >= 11 is 0. The van der Waals surface area contributed by atoms with Crippen LogP contribution < -0.4 is 10.2 Å². The molecule has 0 atom stereocenters. The van der Waals surface area contributed by atoms with E-state index in [9.17, 15) is 14.4 Å². The number of amides is 3. The van der Waals surface area contributed by atoms with Crippen LogP contribution in [-0.4, -0.2) is 39.0 Å². The van der Waals surface area contributed by atoms with Gasteiger partial charge in [0.1, 0.15) is 12.7 Å². The van der Waals surface area contributed by atoms with Gasteiger partial charge in [0.15, 0.2) is 0 Å². The van der Waals surface area contributed by atoms with E-state index in [4.69, 9.17) is 0 Å². The van der Waals surface area contributed by atoms with Crippen LogP contribution >= 0.6 is 0 Å². The maximum Gasteiger partial charge on any atom is 0.266 e. The molecule has 0 saturated heterocycles. The molecule has 1 aliphatic rings. The first kappa shape index (κ1) is 19.5. The number of fused-ring (bicyclic) bond motifs is 1. The second-order valence-electron chi connectivity index (χ2n) is 7.57. The summed E-state index contributed by atoms with van der Waals surface area (Å²) in [6.45, 7) is 5.08. The Morgan fingerprint density at radius 1 is 1.03 bits per heavy atom. The monoisotopic (exact) mass is 403 g/mol. The molecule has 4 rings (SSSR count). The molecule has 3 amide bonds. The lowest BCUT2D eigenvalue weighted by atomic mass is 10.1. The molecule has 2 heterocycles. The summed E-state index contributed by atoms with van der Waals surface area (Å²) in [5.41, 5.74) is 2.34. The molecule has 1 aliphatic heterocycles. The van der Waals surface area contributed by atoms with Crippen LogP contribution in [0.25, 0.3) is 0 Å². The van der Waals surface area contributed by atoms with E-state index in [2.05, 4.69) is 15.4 Å². The van der Waals surface area contributed by atoms with Crippen molar-refractivity contribution in [2.75, 3.05) is 11.4 Å². The van der Waals surface area contributed by atoms with E-state index >= 15 is 0 Å². The van der Waals surface area contributed by atoms with Gasteiger partial charge in [-0.25, -0.2) is 14.6 Å². The molecule has 3 aromatic rings. The Kier molecular flexibility index (Phi) is 5.14. The van der Waals surface area contributed by atoms with Crippen molar-refractivity contribution in [1.29, 1.82) is 0 Å². The van der Waals surface area contributed by atoms with E-state index < -0.39 is 11.8 Å². The van der Waals surface area contributed by atoms with Crippen molar-refractivity contribution in [2.45, 2.75) is 20.4 Å². The number of aromatic nitrogens is 3. The maximum absolute atomic E-state index is 12.9. The third kappa shape index (κ3) is 3.71. The number of carbonyl (C=O) groups excluding carboxylic acids is 3. The number of hydrogen-bond acceptors (Lipinski definition) is 5. The van der Waals surface area contributed by atoms with Crippen LogP contribution in [0.4, 0.5) is 5.69 Å². The molecule has 2 aromatic carbocycles. The zero-order valence-electron chi connectivity index (χ0n) is 16.7. The van der Waals surface area contributed by atoms with Gasteiger partial charge in [-0.15, -0.1) is 0 Å². The lowest BCUT2D eigenvalue weighted by molar-refractivity contribution is 0.0923. The van der Waals surface area contributed by atoms with Gasteiger partial charge in [-0.05, 0) is 41.8 Å². The summed E-state index contributed by atoms with van der Waals surface area (Å²) in [6.07, 6.45) is 3.08. The van der Waals surface area contributed by atoms with Crippen LogP contribution in [-0.2, 0) is 6.54 Å². The summed E-state index contributed by atoms with van der Waals surface area (Å²) in [7, 11) is 0. The Morgan fingerprint density at radius 3 is 2.43 bits per heavy atom. The molecule has 1 N–H and O–H groups in total. The fourth-order valence-electron chi connectivity index (χ4n) is 3.27. The smallest absolute Gasteiger partial charge is 0.266 e. The number of anilines is 1. The van der Waals surface area contributed by atoms with Gasteiger partial charge < -0.3 is 5.32 Å². The first-order valence-electron chi connectivity index (χ1n) is 9.66. The molecule has 0 spiro atoms. The second kappa shape index (κ2) is 7.90. The number of rotatable bonds is 6. The van der Waals surface area contributed by atoms with Gasteiger partial charge in [0.25, 0.3) is 17.7 Å². The van der Waals surface area contributed by atoms with E-state index in [1.54, 1.807) is 35.3 Å². The molecular weight excluding hydrogens is 382 g/mol. The minimum absolute atomic E-state index is 0.240. The third-order valence-electron chi connectivity index (χ3n) is 4.83. The molecule has 30 heavy (non-hydrogen) atoms. The first-order chi connectivity index (χ1) is 14.4. The quantitative estimate of drug-likeness (QED) is 0.638. The maximum atomic E-state index is 12.9. The van der Waals surface area contributed by atoms with Crippen molar-refractivity contribution in [3.63, 3.8) is 0 Å². The van der Waals surface area contributed by atoms with Crippen LogP contribution in [0.5, 0.6) is 0 Å². The largest absolute Gasteiger partial charge is 0.352 e. The Bertz CT molecular complexity index is 1100. The standard InChI is InChI=1S/C22H21N5O3/c1-14(2)10-24-20(28)16-5-8-18-19(9-16)22(30)27(21(18)29)17-6-3-15(4-7-17)11-26-13-23-12-25-26/h3-9,12-14H,10-11H2,1-2H3,(H,24,28). The van der Waals surface area contributed by atoms with Crippen LogP contribution in [0.2, 0.25) is 0 Å². The van der Waals surface area contributed by atoms with E-state index in [0.29, 0.717) is 35.8 Å². The van der Waals surface area contributed by atoms with Gasteiger partial charge in [0.05, 0.1) is 23.4 Å². The molecule has 1 aromatic heterocycles. The summed E-state index contributed by atoms with van der Waals surface area (Å²) in [5.74, 6) is -0.775. The van der Waals surface area contributed by atoms with Crippen LogP contribution in [0.15, 0.2) is 55.1 Å².